The fourth-order valence-electron chi connectivity index (χ4n) is 2.88. The summed E-state index contributed by atoms with van der Waals surface area (Å²) >= 11 is 0. The first-order valence-electron chi connectivity index (χ1n) is 10.4. The van der Waals surface area contributed by atoms with Gasteiger partial charge in [-0.25, -0.2) is 0 Å². The minimum Gasteiger partial charge on any atom is -0.497 e. The topological polar surface area (TPSA) is 77.1 Å². The molecule has 0 saturated heterocycles. The molecule has 0 aliphatic rings. The molecule has 1 N–H and O–H groups in total. The number of methoxy groups -OCH3 is 2. The maximum Gasteiger partial charge on any atom is 0.261 e. The average Bonchev–Trinajstić information content (AvgIpc) is 2.81. The summed E-state index contributed by atoms with van der Waals surface area (Å²) in [5.74, 6) is 1.51. The molecule has 0 aliphatic carbocycles. The van der Waals surface area contributed by atoms with Gasteiger partial charge in [-0.2, -0.15) is 0 Å². The molecule has 0 spiro atoms. The van der Waals surface area contributed by atoms with Gasteiger partial charge in [-0.1, -0.05) is 19.1 Å². The Morgan fingerprint density at radius 3 is 1.94 bits per heavy atom. The fraction of sp³-hybridized carbons (Fsp3) is 0.417. The molecule has 0 aliphatic heterocycles. The largest absolute Gasteiger partial charge is 0.497 e. The Hall–Kier alpha value is -3.22. The molecule has 0 fully saturated rings. The van der Waals surface area contributed by atoms with Gasteiger partial charge in [-0.05, 0) is 62.2 Å². The Labute approximate surface area is 184 Å². The van der Waals surface area contributed by atoms with Gasteiger partial charge in [0.25, 0.3) is 5.91 Å². The number of benzene rings is 2. The molecule has 7 nitrogen and oxygen atoms in total. The molecule has 2 aromatic rings. The summed E-state index contributed by atoms with van der Waals surface area (Å²) < 4.78 is 16.0. The molecule has 0 bridgehead atoms. The Kier molecular flexibility index (Phi) is 9.18. The van der Waals surface area contributed by atoms with Crippen LogP contribution in [0.2, 0.25) is 0 Å². The van der Waals surface area contributed by atoms with Crippen molar-refractivity contribution in [3.05, 3.63) is 54.1 Å². The smallest absolute Gasteiger partial charge is 0.261 e. The third-order valence-electron chi connectivity index (χ3n) is 5.10. The van der Waals surface area contributed by atoms with Gasteiger partial charge in [0.15, 0.2) is 6.61 Å². The second kappa shape index (κ2) is 11.8. The normalized spacial score (nSPS) is 12.4. The number of carbonyl (C=O) groups is 2. The zero-order valence-corrected chi connectivity index (χ0v) is 18.9. The van der Waals surface area contributed by atoms with E-state index in [2.05, 4.69) is 5.32 Å². The van der Waals surface area contributed by atoms with E-state index in [0.29, 0.717) is 11.5 Å². The van der Waals surface area contributed by atoms with E-state index in [-0.39, 0.29) is 31.0 Å². The molecule has 0 heterocycles. The molecule has 2 amide bonds. The van der Waals surface area contributed by atoms with Gasteiger partial charge in [-0.3, -0.25) is 9.59 Å². The first kappa shape index (κ1) is 24.1. The Balaban J connectivity index is 2.13. The molecule has 0 unspecified atom stereocenters. The van der Waals surface area contributed by atoms with Crippen LogP contribution in [0.4, 0.5) is 0 Å². The first-order chi connectivity index (χ1) is 14.9. The van der Waals surface area contributed by atoms with Crippen molar-refractivity contribution in [1.29, 1.82) is 0 Å². The van der Waals surface area contributed by atoms with Crippen molar-refractivity contribution in [3.63, 3.8) is 0 Å². The average molecular weight is 429 g/mol. The summed E-state index contributed by atoms with van der Waals surface area (Å²) in [7, 11) is 3.19. The Morgan fingerprint density at radius 1 is 0.903 bits per heavy atom. The number of hydrogen-bond acceptors (Lipinski definition) is 5. The molecule has 0 saturated carbocycles. The van der Waals surface area contributed by atoms with E-state index in [0.717, 1.165) is 17.7 Å². The van der Waals surface area contributed by atoms with E-state index in [9.17, 15) is 9.59 Å². The van der Waals surface area contributed by atoms with E-state index in [1.165, 1.54) is 4.90 Å². The van der Waals surface area contributed by atoms with Crippen LogP contribution in [-0.4, -0.2) is 49.6 Å². The van der Waals surface area contributed by atoms with Crippen molar-refractivity contribution >= 4 is 11.8 Å². The summed E-state index contributed by atoms with van der Waals surface area (Å²) in [6.07, 6.45) is 0.811. The highest BCUT2D eigenvalue weighted by molar-refractivity contribution is 5.88. The summed E-state index contributed by atoms with van der Waals surface area (Å²) in [5, 5.41) is 2.95. The lowest BCUT2D eigenvalue weighted by atomic mass is 10.1. The van der Waals surface area contributed by atoms with Crippen molar-refractivity contribution in [1.82, 2.24) is 10.2 Å². The van der Waals surface area contributed by atoms with E-state index < -0.39 is 6.04 Å². The molecule has 2 aromatic carbocycles. The highest BCUT2D eigenvalue weighted by Gasteiger charge is 2.27. The summed E-state index contributed by atoms with van der Waals surface area (Å²) in [6, 6.07) is 13.8. The highest BCUT2D eigenvalue weighted by Crippen LogP contribution is 2.18. The zero-order valence-electron chi connectivity index (χ0n) is 18.9. The number of amides is 2. The predicted octanol–water partition coefficient (Wildman–Crippen LogP) is 3.41. The Morgan fingerprint density at radius 2 is 1.42 bits per heavy atom. The van der Waals surface area contributed by atoms with Crippen molar-refractivity contribution in [2.45, 2.75) is 45.8 Å². The van der Waals surface area contributed by atoms with Crippen LogP contribution in [0, 0.1) is 0 Å². The first-order valence-corrected chi connectivity index (χ1v) is 10.4. The molecule has 7 heteroatoms. The fourth-order valence-corrected chi connectivity index (χ4v) is 2.88. The second-order valence-corrected chi connectivity index (χ2v) is 7.33. The van der Waals surface area contributed by atoms with Gasteiger partial charge in [-0.15, -0.1) is 0 Å². The third-order valence-corrected chi connectivity index (χ3v) is 5.10. The molecular formula is C24H32N2O5. The van der Waals surface area contributed by atoms with Crippen LogP contribution >= 0.6 is 0 Å². The van der Waals surface area contributed by atoms with Gasteiger partial charge in [0, 0.05) is 12.6 Å². The van der Waals surface area contributed by atoms with Crippen LogP contribution in [0.5, 0.6) is 17.2 Å². The molecular weight excluding hydrogens is 396 g/mol. The highest BCUT2D eigenvalue weighted by atomic mass is 16.5. The third kappa shape index (κ3) is 7.20. The zero-order chi connectivity index (χ0) is 22.8. The monoisotopic (exact) mass is 428 g/mol. The molecule has 2 atom stereocenters. The van der Waals surface area contributed by atoms with Gasteiger partial charge in [0.2, 0.25) is 5.91 Å². The van der Waals surface area contributed by atoms with Crippen LogP contribution in [-0.2, 0) is 16.1 Å². The van der Waals surface area contributed by atoms with Crippen LogP contribution in [0.25, 0.3) is 0 Å². The molecule has 2 rings (SSSR count). The van der Waals surface area contributed by atoms with E-state index in [4.69, 9.17) is 14.2 Å². The number of nitrogens with one attached hydrogen (secondary N) is 1. The van der Waals surface area contributed by atoms with Crippen LogP contribution in [0.1, 0.15) is 32.8 Å². The maximum atomic E-state index is 13.0. The lowest BCUT2D eigenvalue weighted by Gasteiger charge is -2.29. The van der Waals surface area contributed by atoms with Crippen molar-refractivity contribution in [2.75, 3.05) is 20.8 Å². The predicted molar refractivity (Wildman–Crippen MR) is 119 cm³/mol. The number of rotatable bonds is 11. The van der Waals surface area contributed by atoms with Gasteiger partial charge in [0.1, 0.15) is 23.3 Å². The van der Waals surface area contributed by atoms with Crippen LogP contribution in [0.3, 0.4) is 0 Å². The van der Waals surface area contributed by atoms with Crippen molar-refractivity contribution in [2.24, 2.45) is 0 Å². The molecule has 0 radical (unpaired) electrons. The number of nitrogens with zero attached hydrogens (tertiary/aromatic N) is 1. The van der Waals surface area contributed by atoms with Crippen LogP contribution in [0.15, 0.2) is 48.5 Å². The molecule has 31 heavy (non-hydrogen) atoms. The van der Waals surface area contributed by atoms with Crippen LogP contribution < -0.4 is 19.5 Å². The summed E-state index contributed by atoms with van der Waals surface area (Å²) in [4.78, 5) is 27.3. The van der Waals surface area contributed by atoms with Gasteiger partial charge in [0.05, 0.1) is 14.2 Å². The lowest BCUT2D eigenvalue weighted by molar-refractivity contribution is -0.142. The minimum absolute atomic E-state index is 0.0310. The molecule has 0 aromatic heterocycles. The summed E-state index contributed by atoms with van der Waals surface area (Å²) in [5.41, 5.74) is 0.891. The van der Waals surface area contributed by atoms with Crippen molar-refractivity contribution < 1.29 is 23.8 Å². The Bertz CT molecular complexity index is 836. The number of carbonyl (C=O) groups excluding carboxylic acids is 2. The standard InChI is InChI=1S/C24H32N2O5/c1-6-17(2)25-24(28)18(3)26(15-19-7-9-20(29-4)10-8-19)23(27)16-31-22-13-11-21(30-5)12-14-22/h7-14,17-18H,6,15-16H2,1-5H3,(H,25,28)/t17-,18+/m0/s1. The van der Waals surface area contributed by atoms with E-state index in [1.807, 2.05) is 38.1 Å². The minimum atomic E-state index is -0.650. The van der Waals surface area contributed by atoms with E-state index >= 15 is 0 Å². The van der Waals surface area contributed by atoms with E-state index in [1.54, 1.807) is 45.4 Å². The van der Waals surface area contributed by atoms with Gasteiger partial charge >= 0.3 is 0 Å². The lowest BCUT2D eigenvalue weighted by Crippen LogP contribution is -2.50. The number of ether oxygens (including phenoxy) is 3. The second-order valence-electron chi connectivity index (χ2n) is 7.33. The maximum absolute atomic E-state index is 13.0. The molecule has 168 valence electrons. The van der Waals surface area contributed by atoms with Crippen molar-refractivity contribution in [3.8, 4) is 17.2 Å². The SMILES string of the molecule is CC[C@H](C)NC(=O)[C@@H](C)N(Cc1ccc(OC)cc1)C(=O)COc1ccc(OC)cc1. The van der Waals surface area contributed by atoms with Gasteiger partial charge < -0.3 is 24.4 Å². The quantitative estimate of drug-likeness (QED) is 0.594. The number of hydrogen-bond donors (Lipinski definition) is 1. The summed E-state index contributed by atoms with van der Waals surface area (Å²) in [6.45, 7) is 5.77.